The summed E-state index contributed by atoms with van der Waals surface area (Å²) in [4.78, 5) is 18.9. The second-order valence-corrected chi connectivity index (χ2v) is 6.32. The highest BCUT2D eigenvalue weighted by atomic mass is 127. The van der Waals surface area contributed by atoms with Crippen LogP contribution in [0.3, 0.4) is 0 Å². The number of halogens is 1. The first-order valence-electron chi connectivity index (χ1n) is 7.46. The Bertz CT molecular complexity index is 1050. The van der Waals surface area contributed by atoms with E-state index in [1.807, 2.05) is 18.2 Å². The van der Waals surface area contributed by atoms with Gasteiger partial charge in [0.25, 0.3) is 5.56 Å². The van der Waals surface area contributed by atoms with Crippen molar-refractivity contribution in [3.05, 3.63) is 73.6 Å². The summed E-state index contributed by atoms with van der Waals surface area (Å²) in [7, 11) is 0. The molecular formula is C18H12IN5O2. The molecule has 0 unspecified atom stereocenters. The number of H-pyrrole nitrogens is 1. The molecule has 2 aromatic carbocycles. The van der Waals surface area contributed by atoms with Crippen molar-refractivity contribution in [3.8, 4) is 23.1 Å². The van der Waals surface area contributed by atoms with Crippen LogP contribution in [-0.4, -0.2) is 21.3 Å². The Hall–Kier alpha value is -3.19. The fourth-order valence-corrected chi connectivity index (χ4v) is 2.87. The Balaban J connectivity index is 1.95. The van der Waals surface area contributed by atoms with Crippen LogP contribution in [0.2, 0.25) is 0 Å². The van der Waals surface area contributed by atoms with Gasteiger partial charge in [0, 0.05) is 14.7 Å². The Kier molecular flexibility index (Phi) is 5.28. The molecule has 7 nitrogen and oxygen atoms in total. The van der Waals surface area contributed by atoms with E-state index in [-0.39, 0.29) is 23.0 Å². The number of anilines is 1. The molecule has 0 aliphatic rings. The van der Waals surface area contributed by atoms with E-state index in [9.17, 15) is 15.2 Å². The highest BCUT2D eigenvalue weighted by Gasteiger charge is 2.12. The summed E-state index contributed by atoms with van der Waals surface area (Å²) in [5.41, 5.74) is 3.46. The van der Waals surface area contributed by atoms with Gasteiger partial charge >= 0.3 is 0 Å². The highest BCUT2D eigenvalue weighted by molar-refractivity contribution is 14.1. The first-order chi connectivity index (χ1) is 12.6. The van der Waals surface area contributed by atoms with Gasteiger partial charge in [-0.2, -0.15) is 10.4 Å². The van der Waals surface area contributed by atoms with Crippen LogP contribution in [0.15, 0.2) is 58.4 Å². The number of rotatable bonds is 4. The van der Waals surface area contributed by atoms with Gasteiger partial charge in [0.05, 0.1) is 11.9 Å². The van der Waals surface area contributed by atoms with Crippen molar-refractivity contribution >= 4 is 34.8 Å². The lowest BCUT2D eigenvalue weighted by Crippen LogP contribution is -2.16. The van der Waals surface area contributed by atoms with E-state index in [4.69, 9.17) is 0 Å². The SMILES string of the molecule is N#Cc1c(-c2ccccc2)nc(NN=Cc2c(O)cccc2I)[nH]c1=O. The minimum Gasteiger partial charge on any atom is -0.507 e. The fraction of sp³-hybridized carbons (Fsp3) is 0. The van der Waals surface area contributed by atoms with Gasteiger partial charge in [-0.3, -0.25) is 9.78 Å². The number of hydrogen-bond acceptors (Lipinski definition) is 6. The van der Waals surface area contributed by atoms with E-state index in [1.165, 1.54) is 6.21 Å². The normalized spacial score (nSPS) is 10.6. The number of nitrogens with one attached hydrogen (secondary N) is 2. The molecular weight excluding hydrogens is 445 g/mol. The molecule has 26 heavy (non-hydrogen) atoms. The lowest BCUT2D eigenvalue weighted by atomic mass is 10.1. The molecule has 0 spiro atoms. The van der Waals surface area contributed by atoms with E-state index < -0.39 is 5.56 Å². The predicted octanol–water partition coefficient (Wildman–Crippen LogP) is 3.06. The van der Waals surface area contributed by atoms with Crippen molar-refractivity contribution in [1.82, 2.24) is 9.97 Å². The first kappa shape index (κ1) is 17.6. The predicted molar refractivity (Wildman–Crippen MR) is 107 cm³/mol. The van der Waals surface area contributed by atoms with Crippen LogP contribution in [0.5, 0.6) is 5.75 Å². The van der Waals surface area contributed by atoms with E-state index in [2.05, 4.69) is 43.1 Å². The van der Waals surface area contributed by atoms with Gasteiger partial charge in [-0.1, -0.05) is 36.4 Å². The molecule has 128 valence electrons. The van der Waals surface area contributed by atoms with Crippen LogP contribution in [0, 0.1) is 14.9 Å². The van der Waals surface area contributed by atoms with Crippen molar-refractivity contribution in [2.45, 2.75) is 0 Å². The summed E-state index contributed by atoms with van der Waals surface area (Å²) in [6, 6.07) is 15.9. The Morgan fingerprint density at radius 3 is 2.69 bits per heavy atom. The topological polar surface area (TPSA) is 114 Å². The maximum atomic E-state index is 12.2. The number of phenols is 1. The molecule has 0 saturated heterocycles. The van der Waals surface area contributed by atoms with Gasteiger partial charge in [0.15, 0.2) is 0 Å². The number of nitrogens with zero attached hydrogens (tertiary/aromatic N) is 3. The number of nitriles is 1. The second kappa shape index (κ2) is 7.79. The summed E-state index contributed by atoms with van der Waals surface area (Å²) >= 11 is 2.08. The molecule has 0 amide bonds. The fourth-order valence-electron chi connectivity index (χ4n) is 2.25. The van der Waals surface area contributed by atoms with E-state index in [1.54, 1.807) is 36.4 Å². The van der Waals surface area contributed by atoms with Crippen LogP contribution in [-0.2, 0) is 0 Å². The standard InChI is InChI=1S/C18H12IN5O2/c19-14-7-4-8-15(25)13(14)10-21-24-18-22-16(11-5-2-1-3-6-11)12(9-20)17(26)23-18/h1-8,10,25H,(H2,22,23,24,26). The van der Waals surface area contributed by atoms with Crippen LogP contribution < -0.4 is 11.0 Å². The monoisotopic (exact) mass is 457 g/mol. The third-order valence-corrected chi connectivity index (χ3v) is 4.41. The first-order valence-corrected chi connectivity index (χ1v) is 8.54. The molecule has 0 fully saturated rings. The molecule has 0 aliphatic heterocycles. The molecule has 0 radical (unpaired) electrons. The third-order valence-electron chi connectivity index (χ3n) is 3.47. The average Bonchev–Trinajstić information content (AvgIpc) is 2.64. The lowest BCUT2D eigenvalue weighted by molar-refractivity contribution is 0.474. The zero-order valence-electron chi connectivity index (χ0n) is 13.3. The van der Waals surface area contributed by atoms with Crippen molar-refractivity contribution in [3.63, 3.8) is 0 Å². The molecule has 0 aliphatic carbocycles. The number of hydrogen-bond donors (Lipinski definition) is 3. The molecule has 3 aromatic rings. The van der Waals surface area contributed by atoms with Gasteiger partial charge in [-0.25, -0.2) is 10.4 Å². The van der Waals surface area contributed by atoms with Crippen LogP contribution in [0.25, 0.3) is 11.3 Å². The number of hydrazone groups is 1. The number of benzene rings is 2. The molecule has 0 atom stereocenters. The lowest BCUT2D eigenvalue weighted by Gasteiger charge is -2.06. The van der Waals surface area contributed by atoms with E-state index in [0.717, 1.165) is 3.57 Å². The third kappa shape index (κ3) is 3.73. The molecule has 1 aromatic heterocycles. The zero-order valence-corrected chi connectivity index (χ0v) is 15.4. The largest absolute Gasteiger partial charge is 0.507 e. The molecule has 0 bridgehead atoms. The van der Waals surface area contributed by atoms with Crippen LogP contribution >= 0.6 is 22.6 Å². The summed E-state index contributed by atoms with van der Waals surface area (Å²) < 4.78 is 0.819. The average molecular weight is 457 g/mol. The number of aromatic amines is 1. The summed E-state index contributed by atoms with van der Waals surface area (Å²) in [6.07, 6.45) is 1.43. The minimum atomic E-state index is -0.559. The number of aromatic hydroxyl groups is 1. The van der Waals surface area contributed by atoms with E-state index >= 15 is 0 Å². The Morgan fingerprint density at radius 1 is 1.23 bits per heavy atom. The van der Waals surface area contributed by atoms with Gasteiger partial charge in [-0.05, 0) is 34.7 Å². The van der Waals surface area contributed by atoms with E-state index in [0.29, 0.717) is 11.1 Å². The molecule has 3 N–H and O–H groups in total. The van der Waals surface area contributed by atoms with Crippen molar-refractivity contribution in [1.29, 1.82) is 5.26 Å². The number of phenolic OH excluding ortho intramolecular Hbond substituents is 1. The molecule has 1 heterocycles. The summed E-state index contributed by atoms with van der Waals surface area (Å²) in [5, 5.41) is 23.1. The smallest absolute Gasteiger partial charge is 0.270 e. The minimum absolute atomic E-state index is 0.0685. The van der Waals surface area contributed by atoms with Crippen molar-refractivity contribution in [2.24, 2.45) is 5.10 Å². The van der Waals surface area contributed by atoms with Crippen LogP contribution in [0.1, 0.15) is 11.1 Å². The summed E-state index contributed by atoms with van der Waals surface area (Å²) in [5.74, 6) is 0.184. The quantitative estimate of drug-likeness (QED) is 0.317. The van der Waals surface area contributed by atoms with Gasteiger partial charge in [0.1, 0.15) is 17.4 Å². The number of aromatic nitrogens is 2. The zero-order chi connectivity index (χ0) is 18.5. The van der Waals surface area contributed by atoms with Gasteiger partial charge in [0.2, 0.25) is 5.95 Å². The second-order valence-electron chi connectivity index (χ2n) is 5.16. The van der Waals surface area contributed by atoms with Crippen LogP contribution in [0.4, 0.5) is 5.95 Å². The maximum absolute atomic E-state index is 12.2. The summed E-state index contributed by atoms with van der Waals surface area (Å²) in [6.45, 7) is 0. The Labute approximate surface area is 162 Å². The van der Waals surface area contributed by atoms with Crippen molar-refractivity contribution in [2.75, 3.05) is 5.43 Å². The van der Waals surface area contributed by atoms with Crippen molar-refractivity contribution < 1.29 is 5.11 Å². The highest BCUT2D eigenvalue weighted by Crippen LogP contribution is 2.21. The molecule has 3 rings (SSSR count). The maximum Gasteiger partial charge on any atom is 0.270 e. The van der Waals surface area contributed by atoms with Gasteiger partial charge < -0.3 is 5.11 Å². The molecule has 8 heteroatoms. The van der Waals surface area contributed by atoms with Gasteiger partial charge in [-0.15, -0.1) is 0 Å². The molecule has 0 saturated carbocycles. The Morgan fingerprint density at radius 2 is 2.00 bits per heavy atom.